The fourth-order valence-electron chi connectivity index (χ4n) is 5.92. The molecule has 3 aromatic rings. The average molecular weight is 603 g/mol. The SMILES string of the molecule is CC(C)[C@H](CC(=O)[C@H](C)NC(=O)[C@@H](CC(=O)c1ccc2ncsc2c1)Cc1ccccc1)C(=O)C(=O)CC1CCCCC1. The Bertz CT molecular complexity index is 1440. The number of nitrogens with zero attached hydrogens (tertiary/aromatic N) is 1. The van der Waals surface area contributed by atoms with E-state index in [2.05, 4.69) is 10.3 Å². The van der Waals surface area contributed by atoms with Gasteiger partial charge in [-0.15, -0.1) is 11.3 Å². The number of hydrogen-bond donors (Lipinski definition) is 1. The number of Topliss-reactive ketones (excluding diaryl/α,β-unsaturated/α-hetero) is 4. The summed E-state index contributed by atoms with van der Waals surface area (Å²) >= 11 is 1.45. The number of ketones is 4. The molecule has 1 aliphatic rings. The van der Waals surface area contributed by atoms with E-state index in [0.29, 0.717) is 12.0 Å². The van der Waals surface area contributed by atoms with Crippen LogP contribution in [0.25, 0.3) is 10.2 Å². The number of amides is 1. The Labute approximate surface area is 257 Å². The van der Waals surface area contributed by atoms with Gasteiger partial charge in [-0.25, -0.2) is 4.98 Å². The molecule has 0 aliphatic heterocycles. The van der Waals surface area contributed by atoms with Crippen LogP contribution in [0.1, 0.15) is 88.1 Å². The number of hydrogen-bond acceptors (Lipinski definition) is 7. The highest BCUT2D eigenvalue weighted by molar-refractivity contribution is 7.16. The van der Waals surface area contributed by atoms with Gasteiger partial charge in [0.15, 0.2) is 17.3 Å². The van der Waals surface area contributed by atoms with Crippen LogP contribution in [-0.4, -0.2) is 40.1 Å². The number of carbonyl (C=O) groups is 5. The first-order valence-electron chi connectivity index (χ1n) is 15.4. The first-order chi connectivity index (χ1) is 20.6. The molecule has 43 heavy (non-hydrogen) atoms. The minimum absolute atomic E-state index is 0.0191. The molecule has 8 heteroatoms. The number of thiazole rings is 1. The molecule has 1 aliphatic carbocycles. The van der Waals surface area contributed by atoms with Gasteiger partial charge < -0.3 is 5.32 Å². The maximum Gasteiger partial charge on any atom is 0.224 e. The lowest BCUT2D eigenvalue weighted by Gasteiger charge is -2.24. The second-order valence-corrected chi connectivity index (χ2v) is 13.2. The van der Waals surface area contributed by atoms with E-state index in [-0.39, 0.29) is 48.4 Å². The molecule has 1 heterocycles. The van der Waals surface area contributed by atoms with Crippen molar-refractivity contribution in [2.75, 3.05) is 0 Å². The van der Waals surface area contributed by atoms with Gasteiger partial charge in [0.25, 0.3) is 0 Å². The Kier molecular flexibility index (Phi) is 11.5. The molecular formula is C35H42N2O5S. The van der Waals surface area contributed by atoms with Crippen molar-refractivity contribution >= 4 is 50.6 Å². The standard InChI is InChI=1S/C35H42N2O5S/c1-22(2)28(34(41)32(40)17-25-12-8-5-9-13-25)20-30(38)23(3)37-35(42)27(16-24-10-6-4-7-11-24)18-31(39)26-14-15-29-33(19-26)43-21-36-29/h4,6-7,10-11,14-15,19,21-23,25,27-28H,5,8-9,12-13,16-18,20H2,1-3H3,(H,37,42)/t23-,27+,28-/m0/s1. The summed E-state index contributed by atoms with van der Waals surface area (Å²) < 4.78 is 0.903. The molecule has 0 saturated heterocycles. The molecule has 1 amide bonds. The molecule has 1 fully saturated rings. The van der Waals surface area contributed by atoms with Gasteiger partial charge in [0.1, 0.15) is 0 Å². The van der Waals surface area contributed by atoms with Gasteiger partial charge in [0.2, 0.25) is 11.7 Å². The van der Waals surface area contributed by atoms with Gasteiger partial charge in [-0.3, -0.25) is 24.0 Å². The second-order valence-electron chi connectivity index (χ2n) is 12.3. The fraction of sp³-hybridized carbons (Fsp3) is 0.486. The lowest BCUT2D eigenvalue weighted by molar-refractivity contribution is -0.142. The third-order valence-electron chi connectivity index (χ3n) is 8.66. The van der Waals surface area contributed by atoms with E-state index < -0.39 is 29.6 Å². The van der Waals surface area contributed by atoms with E-state index in [1.165, 1.54) is 17.8 Å². The van der Waals surface area contributed by atoms with E-state index in [1.807, 2.05) is 44.2 Å². The summed E-state index contributed by atoms with van der Waals surface area (Å²) in [5, 5.41) is 2.82. The molecule has 0 unspecified atom stereocenters. The van der Waals surface area contributed by atoms with Crippen LogP contribution >= 0.6 is 11.3 Å². The van der Waals surface area contributed by atoms with Gasteiger partial charge in [0.05, 0.1) is 21.8 Å². The number of aromatic nitrogens is 1. The molecule has 2 aromatic carbocycles. The quantitative estimate of drug-likeness (QED) is 0.156. The number of rotatable bonds is 15. The zero-order valence-electron chi connectivity index (χ0n) is 25.3. The summed E-state index contributed by atoms with van der Waals surface area (Å²) in [6.07, 6.45) is 5.77. The molecule has 1 saturated carbocycles. The highest BCUT2D eigenvalue weighted by atomic mass is 32.1. The Morgan fingerprint density at radius 1 is 0.930 bits per heavy atom. The van der Waals surface area contributed by atoms with Crippen LogP contribution in [-0.2, 0) is 25.6 Å². The maximum atomic E-state index is 13.5. The Morgan fingerprint density at radius 2 is 1.65 bits per heavy atom. The highest BCUT2D eigenvalue weighted by Crippen LogP contribution is 2.28. The highest BCUT2D eigenvalue weighted by Gasteiger charge is 2.33. The van der Waals surface area contributed by atoms with Gasteiger partial charge in [-0.1, -0.05) is 76.3 Å². The largest absolute Gasteiger partial charge is 0.346 e. The van der Waals surface area contributed by atoms with Crippen molar-refractivity contribution in [1.82, 2.24) is 10.3 Å². The summed E-state index contributed by atoms with van der Waals surface area (Å²) in [6, 6.07) is 13.9. The average Bonchev–Trinajstić information content (AvgIpc) is 3.48. The van der Waals surface area contributed by atoms with Crippen molar-refractivity contribution in [3.05, 3.63) is 65.2 Å². The van der Waals surface area contributed by atoms with Gasteiger partial charge in [-0.2, -0.15) is 0 Å². The van der Waals surface area contributed by atoms with Crippen LogP contribution in [0.15, 0.2) is 54.0 Å². The topological polar surface area (TPSA) is 110 Å². The number of fused-ring (bicyclic) bond motifs is 1. The van der Waals surface area contributed by atoms with Gasteiger partial charge in [-0.05, 0) is 48.9 Å². The molecule has 7 nitrogen and oxygen atoms in total. The van der Waals surface area contributed by atoms with Crippen LogP contribution in [0.3, 0.4) is 0 Å². The molecule has 0 radical (unpaired) electrons. The van der Waals surface area contributed by atoms with Crippen LogP contribution < -0.4 is 5.32 Å². The second kappa shape index (κ2) is 15.3. The van der Waals surface area contributed by atoms with E-state index in [0.717, 1.165) is 41.5 Å². The summed E-state index contributed by atoms with van der Waals surface area (Å²) in [5.74, 6) is -3.05. The third kappa shape index (κ3) is 8.99. The first-order valence-corrected chi connectivity index (χ1v) is 16.3. The normalized spacial score (nSPS) is 16.0. The number of nitrogens with one attached hydrogen (secondary N) is 1. The summed E-state index contributed by atoms with van der Waals surface area (Å²) in [7, 11) is 0. The summed E-state index contributed by atoms with van der Waals surface area (Å²) in [4.78, 5) is 70.4. The zero-order chi connectivity index (χ0) is 30.9. The monoisotopic (exact) mass is 602 g/mol. The summed E-state index contributed by atoms with van der Waals surface area (Å²) in [5.41, 5.74) is 3.98. The van der Waals surface area contributed by atoms with Crippen molar-refractivity contribution in [2.45, 2.75) is 84.6 Å². The van der Waals surface area contributed by atoms with E-state index in [1.54, 1.807) is 30.6 Å². The molecule has 3 atom stereocenters. The lowest BCUT2D eigenvalue weighted by atomic mass is 9.80. The van der Waals surface area contributed by atoms with Crippen molar-refractivity contribution in [3.63, 3.8) is 0 Å². The third-order valence-corrected chi connectivity index (χ3v) is 9.45. The lowest BCUT2D eigenvalue weighted by Crippen LogP contribution is -2.44. The van der Waals surface area contributed by atoms with Gasteiger partial charge >= 0.3 is 0 Å². The zero-order valence-corrected chi connectivity index (χ0v) is 26.2. The van der Waals surface area contributed by atoms with Crippen LogP contribution in [0, 0.1) is 23.7 Å². The van der Waals surface area contributed by atoms with E-state index in [9.17, 15) is 24.0 Å². The van der Waals surface area contributed by atoms with Crippen molar-refractivity contribution in [1.29, 1.82) is 0 Å². The molecule has 0 spiro atoms. The molecular weight excluding hydrogens is 560 g/mol. The smallest absolute Gasteiger partial charge is 0.224 e. The van der Waals surface area contributed by atoms with Crippen molar-refractivity contribution in [3.8, 4) is 0 Å². The molecule has 1 N–H and O–H groups in total. The minimum Gasteiger partial charge on any atom is -0.346 e. The predicted octanol–water partition coefficient (Wildman–Crippen LogP) is 6.57. The number of benzene rings is 2. The van der Waals surface area contributed by atoms with Crippen molar-refractivity contribution < 1.29 is 24.0 Å². The van der Waals surface area contributed by atoms with Crippen LogP contribution in [0.4, 0.5) is 0 Å². The molecule has 1 aromatic heterocycles. The van der Waals surface area contributed by atoms with E-state index in [4.69, 9.17) is 0 Å². The van der Waals surface area contributed by atoms with Crippen molar-refractivity contribution in [2.24, 2.45) is 23.7 Å². The van der Waals surface area contributed by atoms with E-state index >= 15 is 0 Å². The fourth-order valence-corrected chi connectivity index (χ4v) is 6.64. The van der Waals surface area contributed by atoms with Crippen LogP contribution in [0.5, 0.6) is 0 Å². The molecule has 4 rings (SSSR count). The molecule has 228 valence electrons. The Hall–Kier alpha value is -3.52. The predicted molar refractivity (Wildman–Crippen MR) is 169 cm³/mol. The maximum absolute atomic E-state index is 13.5. The number of carbonyl (C=O) groups excluding carboxylic acids is 5. The Morgan fingerprint density at radius 3 is 2.35 bits per heavy atom. The minimum atomic E-state index is -0.864. The summed E-state index contributed by atoms with van der Waals surface area (Å²) in [6.45, 7) is 5.29. The van der Waals surface area contributed by atoms with Gasteiger partial charge in [0, 0.05) is 36.7 Å². The Balaban J connectivity index is 1.41. The molecule has 0 bridgehead atoms. The first kappa shape index (κ1) is 32.4. The van der Waals surface area contributed by atoms with Crippen LogP contribution in [0.2, 0.25) is 0 Å².